The predicted octanol–water partition coefficient (Wildman–Crippen LogP) is 3.30. The largest absolute Gasteiger partial charge is 0.494 e. The number of rotatable bonds is 5. The van der Waals surface area contributed by atoms with Crippen LogP contribution in [0.25, 0.3) is 21.1 Å². The minimum absolute atomic E-state index is 0.0837. The van der Waals surface area contributed by atoms with Crippen molar-refractivity contribution in [2.45, 2.75) is 11.3 Å². The van der Waals surface area contributed by atoms with Gasteiger partial charge in [-0.3, -0.25) is 4.98 Å². The summed E-state index contributed by atoms with van der Waals surface area (Å²) in [7, 11) is -0.126. The molecular weight excluding hydrogens is 382 g/mol. The van der Waals surface area contributed by atoms with Gasteiger partial charge in [-0.1, -0.05) is 18.2 Å². The number of benzene rings is 1. The van der Waals surface area contributed by atoms with Crippen molar-refractivity contribution in [2.24, 2.45) is 0 Å². The molecule has 0 unspecified atom stereocenters. The maximum Gasteiger partial charge on any atom is 0.273 e. The fourth-order valence-corrected chi connectivity index (χ4v) is 5.99. The Morgan fingerprint density at radius 1 is 1.19 bits per heavy atom. The Bertz CT molecular complexity index is 1230. The molecule has 0 bridgehead atoms. The van der Waals surface area contributed by atoms with Gasteiger partial charge in [0.25, 0.3) is 10.0 Å². The van der Waals surface area contributed by atoms with E-state index in [0.717, 1.165) is 14.7 Å². The summed E-state index contributed by atoms with van der Waals surface area (Å²) in [5.74, 6) is -0.216. The van der Waals surface area contributed by atoms with Crippen molar-refractivity contribution in [1.82, 2.24) is 13.9 Å². The van der Waals surface area contributed by atoms with Crippen LogP contribution in [0.5, 0.6) is 5.88 Å². The molecule has 4 rings (SSSR count). The lowest BCUT2D eigenvalue weighted by Gasteiger charge is -2.11. The predicted molar refractivity (Wildman–Crippen MR) is 108 cm³/mol. The molecule has 0 amide bonds. The average molecular weight is 402 g/mol. The number of hydrogen-bond donors (Lipinski definition) is 1. The molecule has 0 aliphatic carbocycles. The third-order valence-electron chi connectivity index (χ3n) is 4.54. The molecule has 0 fully saturated rings. The van der Waals surface area contributed by atoms with Crippen molar-refractivity contribution in [3.05, 3.63) is 53.5 Å². The molecular formula is C19H19N3O3S2. The number of hydrogen-bond acceptors (Lipinski definition) is 6. The molecule has 0 atom stereocenters. The van der Waals surface area contributed by atoms with E-state index in [1.165, 1.54) is 17.4 Å². The molecule has 140 valence electrons. The van der Waals surface area contributed by atoms with Gasteiger partial charge in [0.05, 0.1) is 5.52 Å². The number of thiophene rings is 1. The van der Waals surface area contributed by atoms with Gasteiger partial charge in [-0.05, 0) is 44.1 Å². The number of nitrogens with zero attached hydrogens (tertiary/aromatic N) is 3. The van der Waals surface area contributed by atoms with E-state index in [1.807, 2.05) is 42.6 Å². The van der Waals surface area contributed by atoms with Gasteiger partial charge in [-0.25, -0.2) is 8.42 Å². The molecule has 27 heavy (non-hydrogen) atoms. The highest BCUT2D eigenvalue weighted by Gasteiger charge is 2.29. The Hall–Kier alpha value is -2.42. The van der Waals surface area contributed by atoms with E-state index >= 15 is 0 Å². The number of pyridine rings is 1. The van der Waals surface area contributed by atoms with E-state index < -0.39 is 10.0 Å². The zero-order valence-electron chi connectivity index (χ0n) is 15.0. The molecule has 1 aromatic carbocycles. The average Bonchev–Trinajstić information content (AvgIpc) is 3.19. The lowest BCUT2D eigenvalue weighted by molar-refractivity contribution is 0.403. The number of aromatic hydroxyl groups is 1. The second kappa shape index (κ2) is 6.63. The SMILES string of the molecule is CN(C)CCc1c(O)n(S(=O)(=O)c2cccc3cccnc23)c2sccc12. The smallest absolute Gasteiger partial charge is 0.273 e. The van der Waals surface area contributed by atoms with Crippen LogP contribution in [0.15, 0.2) is 52.9 Å². The maximum absolute atomic E-state index is 13.5. The minimum Gasteiger partial charge on any atom is -0.494 e. The summed E-state index contributed by atoms with van der Waals surface area (Å²) in [6.07, 6.45) is 2.13. The third-order valence-corrected chi connectivity index (χ3v) is 7.27. The molecule has 3 aromatic heterocycles. The van der Waals surface area contributed by atoms with Crippen LogP contribution < -0.4 is 0 Å². The minimum atomic E-state index is -4.01. The zero-order valence-corrected chi connectivity index (χ0v) is 16.6. The van der Waals surface area contributed by atoms with Crippen molar-refractivity contribution in [3.63, 3.8) is 0 Å². The first-order chi connectivity index (χ1) is 12.9. The van der Waals surface area contributed by atoms with Gasteiger partial charge in [0.2, 0.25) is 5.88 Å². The molecule has 8 heteroatoms. The van der Waals surface area contributed by atoms with Crippen LogP contribution in [0.4, 0.5) is 0 Å². The number of likely N-dealkylation sites (N-methyl/N-ethyl adjacent to an activating group) is 1. The van der Waals surface area contributed by atoms with Crippen LogP contribution in [0.2, 0.25) is 0 Å². The summed E-state index contributed by atoms with van der Waals surface area (Å²) in [6.45, 7) is 0.707. The Balaban J connectivity index is 1.96. The number of para-hydroxylation sites is 1. The van der Waals surface area contributed by atoms with Crippen molar-refractivity contribution >= 4 is 42.5 Å². The normalized spacial score (nSPS) is 12.4. The second-order valence-corrected chi connectivity index (χ2v) is 9.25. The molecule has 0 radical (unpaired) electrons. The summed E-state index contributed by atoms with van der Waals surface area (Å²) in [5.41, 5.74) is 1.05. The second-order valence-electron chi connectivity index (χ2n) is 6.60. The quantitative estimate of drug-likeness (QED) is 0.555. The van der Waals surface area contributed by atoms with Gasteiger partial charge < -0.3 is 10.0 Å². The van der Waals surface area contributed by atoms with Crippen LogP contribution in [0.1, 0.15) is 5.56 Å². The van der Waals surface area contributed by atoms with E-state index in [1.54, 1.807) is 18.3 Å². The summed E-state index contributed by atoms with van der Waals surface area (Å²) < 4.78 is 28.0. The fourth-order valence-electron chi connectivity index (χ4n) is 3.22. The van der Waals surface area contributed by atoms with Gasteiger partial charge in [0.15, 0.2) is 0 Å². The van der Waals surface area contributed by atoms with E-state index in [0.29, 0.717) is 28.9 Å². The van der Waals surface area contributed by atoms with Crippen LogP contribution in [0, 0.1) is 0 Å². The molecule has 0 saturated carbocycles. The molecule has 0 aliphatic heterocycles. The van der Waals surface area contributed by atoms with Crippen LogP contribution in [-0.4, -0.2) is 48.0 Å². The highest BCUT2D eigenvalue weighted by Crippen LogP contribution is 2.38. The van der Waals surface area contributed by atoms with Crippen molar-refractivity contribution in [3.8, 4) is 5.88 Å². The topological polar surface area (TPSA) is 75.4 Å². The molecule has 0 aliphatic rings. The van der Waals surface area contributed by atoms with Crippen molar-refractivity contribution in [2.75, 3.05) is 20.6 Å². The monoisotopic (exact) mass is 401 g/mol. The van der Waals surface area contributed by atoms with E-state index in [4.69, 9.17) is 0 Å². The molecule has 0 spiro atoms. The Kier molecular flexibility index (Phi) is 4.41. The molecule has 0 saturated heterocycles. The first kappa shape index (κ1) is 18.0. The van der Waals surface area contributed by atoms with Gasteiger partial charge in [0.1, 0.15) is 9.73 Å². The first-order valence-electron chi connectivity index (χ1n) is 8.45. The lowest BCUT2D eigenvalue weighted by Crippen LogP contribution is -2.15. The maximum atomic E-state index is 13.5. The van der Waals surface area contributed by atoms with E-state index in [2.05, 4.69) is 4.98 Å². The van der Waals surface area contributed by atoms with Crippen LogP contribution in [0.3, 0.4) is 0 Å². The Labute approximate surface area is 161 Å². The molecule has 4 aromatic rings. The van der Waals surface area contributed by atoms with Gasteiger partial charge >= 0.3 is 0 Å². The standard InChI is InChI=1S/C19H19N3O3S2/c1-21(2)11-8-14-15-9-12-26-19(15)22(18(14)23)27(24,25)16-7-3-5-13-6-4-10-20-17(13)16/h3-7,9-10,12,23H,8,11H2,1-2H3. The number of fused-ring (bicyclic) bond motifs is 2. The Morgan fingerprint density at radius 2 is 1.96 bits per heavy atom. The zero-order chi connectivity index (χ0) is 19.2. The van der Waals surface area contributed by atoms with Crippen LogP contribution >= 0.6 is 11.3 Å². The summed E-state index contributed by atoms with van der Waals surface area (Å²) >= 11 is 1.30. The molecule has 1 N–H and O–H groups in total. The Morgan fingerprint density at radius 3 is 2.74 bits per heavy atom. The molecule has 3 heterocycles. The van der Waals surface area contributed by atoms with Crippen molar-refractivity contribution in [1.29, 1.82) is 0 Å². The summed E-state index contributed by atoms with van der Waals surface area (Å²) in [5, 5.41) is 14.2. The summed E-state index contributed by atoms with van der Waals surface area (Å²) in [6, 6.07) is 10.5. The third kappa shape index (κ3) is 2.90. The highest BCUT2D eigenvalue weighted by molar-refractivity contribution is 7.90. The van der Waals surface area contributed by atoms with E-state index in [-0.39, 0.29) is 10.8 Å². The highest BCUT2D eigenvalue weighted by atomic mass is 32.2. The fraction of sp³-hybridized carbons (Fsp3) is 0.211. The van der Waals surface area contributed by atoms with Crippen molar-refractivity contribution < 1.29 is 13.5 Å². The first-order valence-corrected chi connectivity index (χ1v) is 10.8. The van der Waals surface area contributed by atoms with Crippen LogP contribution in [-0.2, 0) is 16.4 Å². The number of aromatic nitrogens is 2. The van der Waals surface area contributed by atoms with Gasteiger partial charge in [0, 0.05) is 29.1 Å². The van der Waals surface area contributed by atoms with Gasteiger partial charge in [-0.2, -0.15) is 3.97 Å². The van der Waals surface area contributed by atoms with Gasteiger partial charge in [-0.15, -0.1) is 11.3 Å². The molecule has 6 nitrogen and oxygen atoms in total. The lowest BCUT2D eigenvalue weighted by atomic mass is 10.1. The summed E-state index contributed by atoms with van der Waals surface area (Å²) in [4.78, 5) is 6.86. The van der Waals surface area contributed by atoms with E-state index in [9.17, 15) is 13.5 Å².